The summed E-state index contributed by atoms with van der Waals surface area (Å²) < 4.78 is 40.0. The lowest BCUT2D eigenvalue weighted by Gasteiger charge is -2.36. The summed E-state index contributed by atoms with van der Waals surface area (Å²) >= 11 is 0. The second kappa shape index (κ2) is 8.72. The average molecular weight is 437 g/mol. The monoisotopic (exact) mass is 437 g/mol. The molecule has 2 saturated heterocycles. The number of hydrogen-bond donors (Lipinski definition) is 1. The van der Waals surface area contributed by atoms with Crippen LogP contribution in [0.2, 0.25) is 0 Å². The molecule has 2 amide bonds. The van der Waals surface area contributed by atoms with E-state index in [4.69, 9.17) is 0 Å². The summed E-state index contributed by atoms with van der Waals surface area (Å²) in [7, 11) is 1.93. The number of rotatable bonds is 3. The summed E-state index contributed by atoms with van der Waals surface area (Å²) in [6, 6.07) is 2.46. The molecular weight excluding hydrogens is 411 g/mol. The van der Waals surface area contributed by atoms with Gasteiger partial charge in [0.05, 0.1) is 5.56 Å². The number of aryl methyl sites for hydroxylation is 1. The molecule has 0 aromatic carbocycles. The quantitative estimate of drug-likeness (QED) is 0.799. The van der Waals surface area contributed by atoms with Gasteiger partial charge in [0.15, 0.2) is 0 Å². The van der Waals surface area contributed by atoms with Crippen molar-refractivity contribution in [2.75, 3.05) is 31.1 Å². The number of carbonyl (C=O) groups is 1. The SMILES string of the molecule is Cn1cnnc1C1CCN(C(=O)NC2CCN(c3ccc(C(F)(F)F)cn3)CC2)CC1. The first-order chi connectivity index (χ1) is 14.8. The number of carbonyl (C=O) groups excluding carboxylic acids is 1. The largest absolute Gasteiger partial charge is 0.417 e. The molecule has 1 N–H and O–H groups in total. The van der Waals surface area contributed by atoms with Gasteiger partial charge in [0.25, 0.3) is 0 Å². The minimum absolute atomic E-state index is 0.0506. The second-order valence-electron chi connectivity index (χ2n) is 8.18. The van der Waals surface area contributed by atoms with Crippen molar-refractivity contribution in [2.24, 2.45) is 7.05 Å². The molecule has 31 heavy (non-hydrogen) atoms. The number of aromatic nitrogens is 4. The zero-order chi connectivity index (χ0) is 22.0. The van der Waals surface area contributed by atoms with Crippen LogP contribution in [0.1, 0.15) is 43.0 Å². The molecule has 8 nitrogen and oxygen atoms in total. The number of alkyl halides is 3. The molecule has 2 aromatic rings. The number of nitrogens with one attached hydrogen (secondary N) is 1. The van der Waals surface area contributed by atoms with Crippen molar-refractivity contribution in [1.29, 1.82) is 0 Å². The van der Waals surface area contributed by atoms with Crippen molar-refractivity contribution in [3.05, 3.63) is 36.0 Å². The highest BCUT2D eigenvalue weighted by Crippen LogP contribution is 2.30. The van der Waals surface area contributed by atoms with E-state index in [1.165, 1.54) is 6.07 Å². The lowest BCUT2D eigenvalue weighted by molar-refractivity contribution is -0.137. The number of nitrogens with zero attached hydrogens (tertiary/aromatic N) is 6. The van der Waals surface area contributed by atoms with Crippen LogP contribution in [0.25, 0.3) is 0 Å². The number of amides is 2. The molecule has 0 aliphatic carbocycles. The minimum Gasteiger partial charge on any atom is -0.356 e. The van der Waals surface area contributed by atoms with Gasteiger partial charge in [-0.3, -0.25) is 0 Å². The maximum atomic E-state index is 12.7. The van der Waals surface area contributed by atoms with Gasteiger partial charge in [0.1, 0.15) is 18.0 Å². The third-order valence-corrected chi connectivity index (χ3v) is 6.12. The number of anilines is 1. The van der Waals surface area contributed by atoms with E-state index in [1.54, 1.807) is 6.33 Å². The van der Waals surface area contributed by atoms with Crippen molar-refractivity contribution < 1.29 is 18.0 Å². The lowest BCUT2D eigenvalue weighted by Crippen LogP contribution is -2.51. The molecule has 2 aliphatic heterocycles. The first kappa shape index (κ1) is 21.4. The van der Waals surface area contributed by atoms with E-state index in [0.29, 0.717) is 37.9 Å². The lowest BCUT2D eigenvalue weighted by atomic mass is 9.96. The predicted octanol–water partition coefficient (Wildman–Crippen LogP) is 2.79. The first-order valence-electron chi connectivity index (χ1n) is 10.5. The molecule has 2 aliphatic rings. The van der Waals surface area contributed by atoms with Crippen LogP contribution in [0.5, 0.6) is 0 Å². The Morgan fingerprint density at radius 3 is 2.35 bits per heavy atom. The van der Waals surface area contributed by atoms with E-state index in [0.717, 1.165) is 43.8 Å². The Morgan fingerprint density at radius 1 is 1.10 bits per heavy atom. The normalized spacial score (nSPS) is 19.0. The van der Waals surface area contributed by atoms with E-state index in [1.807, 2.05) is 21.4 Å². The molecular formula is C20H26F3N7O. The molecule has 11 heteroatoms. The zero-order valence-electron chi connectivity index (χ0n) is 17.3. The Kier molecular flexibility index (Phi) is 6.01. The van der Waals surface area contributed by atoms with Crippen LogP contribution in [-0.2, 0) is 13.2 Å². The van der Waals surface area contributed by atoms with Gasteiger partial charge in [-0.1, -0.05) is 0 Å². The molecule has 2 aromatic heterocycles. The highest BCUT2D eigenvalue weighted by Gasteiger charge is 2.32. The summed E-state index contributed by atoms with van der Waals surface area (Å²) in [5, 5.41) is 11.2. The molecule has 2 fully saturated rings. The van der Waals surface area contributed by atoms with Gasteiger partial charge in [-0.2, -0.15) is 13.2 Å². The average Bonchev–Trinajstić information content (AvgIpc) is 3.20. The Labute approximate surface area is 178 Å². The van der Waals surface area contributed by atoms with Gasteiger partial charge in [-0.15, -0.1) is 10.2 Å². The molecule has 168 valence electrons. The number of halogens is 3. The smallest absolute Gasteiger partial charge is 0.356 e. The fraction of sp³-hybridized carbons (Fsp3) is 0.600. The summed E-state index contributed by atoms with van der Waals surface area (Å²) in [6.07, 6.45) is 1.35. The van der Waals surface area contributed by atoms with E-state index in [9.17, 15) is 18.0 Å². The molecule has 0 radical (unpaired) electrons. The second-order valence-corrected chi connectivity index (χ2v) is 8.18. The van der Waals surface area contributed by atoms with Gasteiger partial charge in [-0.05, 0) is 37.8 Å². The molecule has 4 heterocycles. The van der Waals surface area contributed by atoms with Crippen LogP contribution in [-0.4, -0.2) is 62.9 Å². The van der Waals surface area contributed by atoms with E-state index < -0.39 is 11.7 Å². The van der Waals surface area contributed by atoms with E-state index in [2.05, 4.69) is 20.5 Å². The number of urea groups is 1. The molecule has 0 saturated carbocycles. The summed E-state index contributed by atoms with van der Waals surface area (Å²) in [5.74, 6) is 1.81. The van der Waals surface area contributed by atoms with E-state index >= 15 is 0 Å². The van der Waals surface area contributed by atoms with Crippen molar-refractivity contribution >= 4 is 11.8 Å². The van der Waals surface area contributed by atoms with Crippen LogP contribution in [0, 0.1) is 0 Å². The van der Waals surface area contributed by atoms with Gasteiger partial charge in [-0.25, -0.2) is 9.78 Å². The highest BCUT2D eigenvalue weighted by atomic mass is 19.4. The van der Waals surface area contributed by atoms with Gasteiger partial charge in [0, 0.05) is 51.4 Å². The Bertz CT molecular complexity index is 883. The van der Waals surface area contributed by atoms with Crippen LogP contribution in [0.4, 0.5) is 23.8 Å². The summed E-state index contributed by atoms with van der Waals surface area (Å²) in [5.41, 5.74) is -0.749. The molecule has 4 rings (SSSR count). The van der Waals surface area contributed by atoms with Crippen LogP contribution in [0.3, 0.4) is 0 Å². The first-order valence-corrected chi connectivity index (χ1v) is 10.5. The van der Waals surface area contributed by atoms with Crippen LogP contribution < -0.4 is 10.2 Å². The van der Waals surface area contributed by atoms with Crippen molar-refractivity contribution in [3.63, 3.8) is 0 Å². The third-order valence-electron chi connectivity index (χ3n) is 6.12. The van der Waals surface area contributed by atoms with Gasteiger partial charge >= 0.3 is 12.2 Å². The van der Waals surface area contributed by atoms with E-state index in [-0.39, 0.29) is 12.1 Å². The number of pyridine rings is 1. The third kappa shape index (κ3) is 4.91. The van der Waals surface area contributed by atoms with Crippen molar-refractivity contribution in [3.8, 4) is 0 Å². The van der Waals surface area contributed by atoms with Crippen LogP contribution in [0.15, 0.2) is 24.7 Å². The highest BCUT2D eigenvalue weighted by molar-refractivity contribution is 5.74. The fourth-order valence-electron chi connectivity index (χ4n) is 4.26. The summed E-state index contributed by atoms with van der Waals surface area (Å²) in [6.45, 7) is 2.63. The predicted molar refractivity (Wildman–Crippen MR) is 108 cm³/mol. The number of likely N-dealkylation sites (tertiary alicyclic amines) is 1. The topological polar surface area (TPSA) is 79.2 Å². The molecule has 0 unspecified atom stereocenters. The Balaban J connectivity index is 1.23. The zero-order valence-corrected chi connectivity index (χ0v) is 17.3. The maximum Gasteiger partial charge on any atom is 0.417 e. The number of hydrogen-bond acceptors (Lipinski definition) is 5. The fourth-order valence-corrected chi connectivity index (χ4v) is 4.26. The Hall–Kier alpha value is -2.85. The minimum atomic E-state index is -4.38. The van der Waals surface area contributed by atoms with Gasteiger partial charge in [0.2, 0.25) is 0 Å². The van der Waals surface area contributed by atoms with Gasteiger partial charge < -0.3 is 19.7 Å². The molecule has 0 atom stereocenters. The van der Waals surface area contributed by atoms with Crippen molar-refractivity contribution in [1.82, 2.24) is 30.0 Å². The van der Waals surface area contributed by atoms with Crippen molar-refractivity contribution in [2.45, 2.75) is 43.8 Å². The summed E-state index contributed by atoms with van der Waals surface area (Å²) in [4.78, 5) is 20.4. The number of piperidine rings is 2. The molecule has 0 bridgehead atoms. The maximum absolute atomic E-state index is 12.7. The standard InChI is InChI=1S/C20H26F3N7O/c1-28-13-25-27-18(28)14-4-8-30(9-5-14)19(31)26-16-6-10-29(11-7-16)17-3-2-15(12-24-17)20(21,22)23/h2-3,12-14,16H,4-11H2,1H3,(H,26,31). The van der Waals surface area contributed by atoms with Crippen LogP contribution >= 0.6 is 0 Å². The molecule has 0 spiro atoms. The Morgan fingerprint density at radius 2 is 1.81 bits per heavy atom.